The summed E-state index contributed by atoms with van der Waals surface area (Å²) in [6.07, 6.45) is 9.09. The van der Waals surface area contributed by atoms with Crippen LogP contribution in [-0.2, 0) is 0 Å². The second-order valence-corrected chi connectivity index (χ2v) is 7.85. The van der Waals surface area contributed by atoms with Crippen molar-refractivity contribution in [2.24, 2.45) is 0 Å². The highest BCUT2D eigenvalue weighted by molar-refractivity contribution is 7.11. The van der Waals surface area contributed by atoms with Gasteiger partial charge in [-0.1, -0.05) is 11.3 Å². The monoisotopic (exact) mass is 381 g/mol. The van der Waals surface area contributed by atoms with E-state index < -0.39 is 0 Å². The largest absolute Gasteiger partial charge is 0.431 e. The highest BCUT2D eigenvalue weighted by Gasteiger charge is 2.44. The third-order valence-electron chi connectivity index (χ3n) is 5.42. The van der Waals surface area contributed by atoms with Gasteiger partial charge in [-0.2, -0.15) is 15.0 Å². The van der Waals surface area contributed by atoms with Crippen LogP contribution in [0, 0.1) is 0 Å². The molecule has 2 aliphatic heterocycles. The van der Waals surface area contributed by atoms with Crippen LogP contribution in [0.15, 0.2) is 48.2 Å². The van der Waals surface area contributed by atoms with Gasteiger partial charge < -0.3 is 9.64 Å². The number of piperidine rings is 1. The molecule has 1 aromatic carbocycles. The molecule has 2 aromatic heterocycles. The molecule has 4 heterocycles. The molecule has 2 atom stereocenters. The first-order valence-corrected chi connectivity index (χ1v) is 10.0. The van der Waals surface area contributed by atoms with Crippen LogP contribution in [0.3, 0.4) is 0 Å². The van der Waals surface area contributed by atoms with Gasteiger partial charge in [-0.05, 0) is 49.9 Å². The summed E-state index contributed by atoms with van der Waals surface area (Å²) >= 11 is 1.44. The van der Waals surface area contributed by atoms with E-state index in [-0.39, 0.29) is 24.0 Å². The Hall–Kier alpha value is -2.74. The van der Waals surface area contributed by atoms with Crippen LogP contribution in [-0.4, -0.2) is 42.9 Å². The Morgan fingerprint density at radius 2 is 1.70 bits per heavy atom. The van der Waals surface area contributed by atoms with Crippen molar-refractivity contribution in [3.05, 3.63) is 53.8 Å². The number of nitrogens with zero attached hydrogens (tertiary/aromatic N) is 5. The van der Waals surface area contributed by atoms with E-state index in [1.54, 1.807) is 23.4 Å². The third-order valence-corrected chi connectivity index (χ3v) is 6.07. The summed E-state index contributed by atoms with van der Waals surface area (Å²) in [6.45, 7) is 0. The summed E-state index contributed by atoms with van der Waals surface area (Å²) in [7, 11) is 0. The average Bonchev–Trinajstić information content (AvgIpc) is 3.44. The summed E-state index contributed by atoms with van der Waals surface area (Å²) in [6, 6.07) is 8.15. The molecule has 2 saturated heterocycles. The fraction of sp³-hybridized carbons (Fsp3) is 0.368. The highest BCUT2D eigenvalue weighted by atomic mass is 32.1. The first-order valence-electron chi connectivity index (χ1n) is 9.14. The fourth-order valence-electron chi connectivity index (χ4n) is 4.26. The summed E-state index contributed by atoms with van der Waals surface area (Å²) in [5.41, 5.74) is 0.703. The standard InChI is InChI=1S/C19H19N5O2S/c25-18(13-1-5-17(6-2-13)26-19-20-9-10-27-19)23-14-3-4-15(23)12-16(11-14)24-21-7-8-22-24/h1-2,5-10,14-16H,3-4,11-12H2. The predicted molar refractivity (Wildman–Crippen MR) is 99.9 cm³/mol. The molecule has 3 aromatic rings. The molecule has 0 spiro atoms. The number of aromatic nitrogens is 4. The molecular weight excluding hydrogens is 362 g/mol. The van der Waals surface area contributed by atoms with Gasteiger partial charge >= 0.3 is 0 Å². The molecule has 2 fully saturated rings. The zero-order valence-electron chi connectivity index (χ0n) is 14.6. The minimum Gasteiger partial charge on any atom is -0.431 e. The van der Waals surface area contributed by atoms with Crippen LogP contribution in [0.2, 0.25) is 0 Å². The van der Waals surface area contributed by atoms with Gasteiger partial charge in [-0.25, -0.2) is 4.98 Å². The number of rotatable bonds is 4. The van der Waals surface area contributed by atoms with Crippen LogP contribution in [0.25, 0.3) is 0 Å². The number of ether oxygens (including phenoxy) is 1. The van der Waals surface area contributed by atoms with Crippen molar-refractivity contribution >= 4 is 17.2 Å². The zero-order valence-corrected chi connectivity index (χ0v) is 15.5. The molecule has 0 aliphatic carbocycles. The van der Waals surface area contributed by atoms with Crippen molar-refractivity contribution in [3.8, 4) is 10.9 Å². The molecule has 2 bridgehead atoms. The molecule has 5 rings (SSSR count). The molecule has 0 N–H and O–H groups in total. The van der Waals surface area contributed by atoms with Crippen molar-refractivity contribution in [2.45, 2.75) is 43.8 Å². The normalized spacial score (nSPS) is 24.1. The average molecular weight is 381 g/mol. The molecule has 0 radical (unpaired) electrons. The number of hydrogen-bond acceptors (Lipinski definition) is 6. The topological polar surface area (TPSA) is 73.1 Å². The molecule has 7 nitrogen and oxygen atoms in total. The zero-order chi connectivity index (χ0) is 18.2. The number of hydrogen-bond donors (Lipinski definition) is 0. The van der Waals surface area contributed by atoms with Gasteiger partial charge in [0.2, 0.25) is 0 Å². The van der Waals surface area contributed by atoms with Crippen molar-refractivity contribution < 1.29 is 9.53 Å². The minimum atomic E-state index is 0.107. The fourth-order valence-corrected chi connectivity index (χ4v) is 4.76. The molecule has 1 amide bonds. The maximum absolute atomic E-state index is 13.1. The Labute approximate surface area is 160 Å². The van der Waals surface area contributed by atoms with E-state index in [4.69, 9.17) is 4.74 Å². The molecule has 27 heavy (non-hydrogen) atoms. The first kappa shape index (κ1) is 16.4. The highest BCUT2D eigenvalue weighted by Crippen LogP contribution is 2.41. The Morgan fingerprint density at radius 3 is 2.33 bits per heavy atom. The Kier molecular flexibility index (Phi) is 4.12. The van der Waals surface area contributed by atoms with Crippen LogP contribution in [0.5, 0.6) is 10.9 Å². The quantitative estimate of drug-likeness (QED) is 0.691. The van der Waals surface area contributed by atoms with Gasteiger partial charge in [0.05, 0.1) is 18.4 Å². The van der Waals surface area contributed by atoms with E-state index in [1.807, 2.05) is 29.6 Å². The second kappa shape index (κ2) is 6.77. The molecule has 2 aliphatic rings. The maximum Gasteiger partial charge on any atom is 0.278 e. The lowest BCUT2D eigenvalue weighted by Crippen LogP contribution is -2.47. The van der Waals surface area contributed by atoms with E-state index in [0.29, 0.717) is 16.5 Å². The number of benzene rings is 1. The van der Waals surface area contributed by atoms with Crippen LogP contribution >= 0.6 is 11.3 Å². The van der Waals surface area contributed by atoms with Crippen molar-refractivity contribution in [3.63, 3.8) is 0 Å². The van der Waals surface area contributed by atoms with Gasteiger partial charge in [0.15, 0.2) is 0 Å². The Balaban J connectivity index is 1.30. The number of amides is 1. The molecular formula is C19H19N5O2S. The van der Waals surface area contributed by atoms with Crippen LogP contribution in [0.4, 0.5) is 0 Å². The Morgan fingerprint density at radius 1 is 1.00 bits per heavy atom. The van der Waals surface area contributed by atoms with E-state index in [1.165, 1.54) is 11.3 Å². The van der Waals surface area contributed by atoms with Gasteiger partial charge in [0.25, 0.3) is 11.1 Å². The number of thiazole rings is 1. The lowest BCUT2D eigenvalue weighted by molar-refractivity contribution is 0.0512. The minimum absolute atomic E-state index is 0.107. The van der Waals surface area contributed by atoms with Gasteiger partial charge in [-0.15, -0.1) is 0 Å². The van der Waals surface area contributed by atoms with Crippen molar-refractivity contribution in [1.29, 1.82) is 0 Å². The van der Waals surface area contributed by atoms with Crippen molar-refractivity contribution in [2.75, 3.05) is 0 Å². The van der Waals surface area contributed by atoms with Crippen molar-refractivity contribution in [1.82, 2.24) is 24.9 Å². The SMILES string of the molecule is O=C(c1ccc(Oc2nccs2)cc1)N1C2CCC1CC(n1nccn1)C2. The van der Waals surface area contributed by atoms with Gasteiger partial charge in [0.1, 0.15) is 5.75 Å². The van der Waals surface area contributed by atoms with E-state index >= 15 is 0 Å². The number of fused-ring (bicyclic) bond motifs is 2. The molecule has 0 saturated carbocycles. The number of carbonyl (C=O) groups is 1. The summed E-state index contributed by atoms with van der Waals surface area (Å²) in [5.74, 6) is 0.795. The van der Waals surface area contributed by atoms with Crippen LogP contribution in [0.1, 0.15) is 42.1 Å². The van der Waals surface area contributed by atoms with Gasteiger partial charge in [-0.3, -0.25) is 4.79 Å². The summed E-state index contributed by atoms with van der Waals surface area (Å²) in [4.78, 5) is 21.1. The molecule has 138 valence electrons. The lowest BCUT2D eigenvalue weighted by Gasteiger charge is -2.38. The second-order valence-electron chi connectivity index (χ2n) is 7.00. The molecule has 8 heteroatoms. The first-order chi connectivity index (χ1) is 13.3. The number of carbonyl (C=O) groups excluding carboxylic acids is 1. The maximum atomic E-state index is 13.1. The van der Waals surface area contributed by atoms with Crippen LogP contribution < -0.4 is 4.74 Å². The van der Waals surface area contributed by atoms with E-state index in [0.717, 1.165) is 25.7 Å². The smallest absolute Gasteiger partial charge is 0.278 e. The lowest BCUT2D eigenvalue weighted by atomic mass is 9.96. The van der Waals surface area contributed by atoms with E-state index in [9.17, 15) is 4.79 Å². The molecule has 2 unspecified atom stereocenters. The third kappa shape index (κ3) is 3.10. The summed E-state index contributed by atoms with van der Waals surface area (Å²) < 4.78 is 5.67. The summed E-state index contributed by atoms with van der Waals surface area (Å²) in [5, 5.41) is 11.0. The Bertz CT molecular complexity index is 896. The van der Waals surface area contributed by atoms with E-state index in [2.05, 4.69) is 20.1 Å². The van der Waals surface area contributed by atoms with Gasteiger partial charge in [0, 0.05) is 29.2 Å². The predicted octanol–water partition coefficient (Wildman–Crippen LogP) is 3.54.